The molecule has 2 heterocycles. The van der Waals surface area contributed by atoms with Crippen molar-refractivity contribution in [2.45, 2.75) is 53.2 Å². The number of piperazine rings is 1. The zero-order valence-corrected chi connectivity index (χ0v) is 12.6. The van der Waals surface area contributed by atoms with E-state index in [4.69, 9.17) is 4.52 Å². The number of carbonyl (C=O) groups is 2. The van der Waals surface area contributed by atoms with E-state index in [1.807, 2.05) is 27.7 Å². The summed E-state index contributed by atoms with van der Waals surface area (Å²) in [4.78, 5) is 26.2. The Hall–Kier alpha value is -1.85. The first-order chi connectivity index (χ1) is 9.32. The summed E-state index contributed by atoms with van der Waals surface area (Å²) in [5.41, 5.74) is 1.64. The van der Waals surface area contributed by atoms with Gasteiger partial charge in [0.2, 0.25) is 11.8 Å². The summed E-state index contributed by atoms with van der Waals surface area (Å²) < 4.78 is 5.13. The average Bonchev–Trinajstić information content (AvgIpc) is 2.66. The molecule has 1 N–H and O–H groups in total. The third-order valence-electron chi connectivity index (χ3n) is 3.76. The van der Waals surface area contributed by atoms with E-state index in [2.05, 4.69) is 10.5 Å². The summed E-state index contributed by atoms with van der Waals surface area (Å²) in [6.07, 6.45) is 0. The molecule has 1 saturated heterocycles. The van der Waals surface area contributed by atoms with E-state index in [1.54, 1.807) is 11.8 Å². The van der Waals surface area contributed by atoms with Crippen LogP contribution in [0.15, 0.2) is 4.52 Å². The second-order valence-corrected chi connectivity index (χ2v) is 5.69. The van der Waals surface area contributed by atoms with Gasteiger partial charge in [-0.05, 0) is 26.7 Å². The fraction of sp³-hybridized carbons (Fsp3) is 0.643. The van der Waals surface area contributed by atoms with Crippen molar-refractivity contribution in [1.29, 1.82) is 0 Å². The maximum Gasteiger partial charge on any atom is 0.245 e. The summed E-state index contributed by atoms with van der Waals surface area (Å²) >= 11 is 0. The van der Waals surface area contributed by atoms with E-state index in [9.17, 15) is 9.59 Å². The molecule has 0 saturated carbocycles. The Morgan fingerprint density at radius 1 is 1.35 bits per heavy atom. The molecule has 2 unspecified atom stereocenters. The summed E-state index contributed by atoms with van der Waals surface area (Å²) in [5, 5.41) is 6.63. The topological polar surface area (TPSA) is 75.4 Å². The van der Waals surface area contributed by atoms with Gasteiger partial charge in [0, 0.05) is 5.56 Å². The molecule has 0 aliphatic carbocycles. The molecule has 0 radical (unpaired) electrons. The van der Waals surface area contributed by atoms with Crippen LogP contribution in [0.5, 0.6) is 0 Å². The van der Waals surface area contributed by atoms with Gasteiger partial charge in [-0.15, -0.1) is 0 Å². The van der Waals surface area contributed by atoms with Crippen LogP contribution >= 0.6 is 0 Å². The highest BCUT2D eigenvalue weighted by Crippen LogP contribution is 2.23. The Morgan fingerprint density at radius 2 is 2.00 bits per heavy atom. The number of amides is 2. The summed E-state index contributed by atoms with van der Waals surface area (Å²) in [6.45, 7) is 9.60. The van der Waals surface area contributed by atoms with E-state index in [-0.39, 0.29) is 17.7 Å². The fourth-order valence-corrected chi connectivity index (χ4v) is 2.62. The number of hydrogen-bond acceptors (Lipinski definition) is 4. The largest absolute Gasteiger partial charge is 0.361 e. The standard InChI is InChI=1S/C14H21N3O3/c1-7(2)12-13(18)15-9(4)14(19)17(12)6-11-8(3)16-20-10(11)5/h7,9,12H,6H2,1-5H3,(H,15,18). The van der Waals surface area contributed by atoms with Crippen molar-refractivity contribution in [3.63, 3.8) is 0 Å². The van der Waals surface area contributed by atoms with Gasteiger partial charge in [0.15, 0.2) is 0 Å². The maximum absolute atomic E-state index is 12.4. The predicted molar refractivity (Wildman–Crippen MR) is 72.8 cm³/mol. The minimum absolute atomic E-state index is 0.0481. The second kappa shape index (κ2) is 5.26. The van der Waals surface area contributed by atoms with E-state index in [1.165, 1.54) is 0 Å². The summed E-state index contributed by atoms with van der Waals surface area (Å²) in [7, 11) is 0. The number of carbonyl (C=O) groups excluding carboxylic acids is 2. The minimum atomic E-state index is -0.488. The van der Waals surface area contributed by atoms with Crippen molar-refractivity contribution in [2.75, 3.05) is 0 Å². The van der Waals surface area contributed by atoms with Crippen LogP contribution in [0.25, 0.3) is 0 Å². The van der Waals surface area contributed by atoms with Gasteiger partial charge in [-0.25, -0.2) is 0 Å². The number of hydrogen-bond donors (Lipinski definition) is 1. The molecular weight excluding hydrogens is 258 g/mol. The predicted octanol–water partition coefficient (Wildman–Crippen LogP) is 1.16. The molecule has 1 fully saturated rings. The molecule has 1 aliphatic rings. The van der Waals surface area contributed by atoms with Crippen LogP contribution in [-0.2, 0) is 16.1 Å². The Morgan fingerprint density at radius 3 is 2.50 bits per heavy atom. The molecule has 0 spiro atoms. The van der Waals surface area contributed by atoms with E-state index in [0.717, 1.165) is 11.3 Å². The second-order valence-electron chi connectivity index (χ2n) is 5.69. The van der Waals surface area contributed by atoms with Gasteiger partial charge in [0.25, 0.3) is 0 Å². The highest BCUT2D eigenvalue weighted by molar-refractivity contribution is 5.96. The number of nitrogens with one attached hydrogen (secondary N) is 1. The molecule has 0 bridgehead atoms. The number of nitrogens with zero attached hydrogens (tertiary/aromatic N) is 2. The van der Waals surface area contributed by atoms with E-state index >= 15 is 0 Å². The van der Waals surface area contributed by atoms with Gasteiger partial charge >= 0.3 is 0 Å². The fourth-order valence-electron chi connectivity index (χ4n) is 2.62. The van der Waals surface area contributed by atoms with Crippen molar-refractivity contribution >= 4 is 11.8 Å². The molecular formula is C14H21N3O3. The first-order valence-electron chi connectivity index (χ1n) is 6.85. The van der Waals surface area contributed by atoms with Crippen LogP contribution in [0.4, 0.5) is 0 Å². The molecule has 6 nitrogen and oxygen atoms in total. The number of rotatable bonds is 3. The molecule has 1 aromatic rings. The molecule has 0 aromatic carbocycles. The van der Waals surface area contributed by atoms with Crippen LogP contribution in [0, 0.1) is 19.8 Å². The Bertz CT molecular complexity index is 516. The van der Waals surface area contributed by atoms with Gasteiger partial charge in [0.05, 0.1) is 12.2 Å². The van der Waals surface area contributed by atoms with Gasteiger partial charge < -0.3 is 14.7 Å². The first-order valence-corrected chi connectivity index (χ1v) is 6.85. The summed E-state index contributed by atoms with van der Waals surface area (Å²) in [6, 6.07) is -0.939. The number of aromatic nitrogens is 1. The van der Waals surface area contributed by atoms with Gasteiger partial charge in [-0.1, -0.05) is 19.0 Å². The van der Waals surface area contributed by atoms with Crippen LogP contribution in [-0.4, -0.2) is 34.0 Å². The Balaban J connectivity index is 2.34. The van der Waals surface area contributed by atoms with Crippen molar-refractivity contribution in [3.8, 4) is 0 Å². The third-order valence-corrected chi connectivity index (χ3v) is 3.76. The lowest BCUT2D eigenvalue weighted by Gasteiger charge is -2.39. The van der Waals surface area contributed by atoms with Crippen LogP contribution < -0.4 is 5.32 Å². The monoisotopic (exact) mass is 279 g/mol. The molecule has 1 aliphatic heterocycles. The zero-order chi connectivity index (χ0) is 15.0. The van der Waals surface area contributed by atoms with Crippen LogP contribution in [0.2, 0.25) is 0 Å². The van der Waals surface area contributed by atoms with Crippen molar-refractivity contribution in [2.24, 2.45) is 5.92 Å². The lowest BCUT2D eigenvalue weighted by atomic mass is 9.96. The first kappa shape index (κ1) is 14.6. The van der Waals surface area contributed by atoms with Gasteiger partial charge in [0.1, 0.15) is 17.8 Å². The number of aryl methyl sites for hydroxylation is 2. The van der Waals surface area contributed by atoms with Crippen molar-refractivity contribution in [3.05, 3.63) is 17.0 Å². The van der Waals surface area contributed by atoms with Crippen molar-refractivity contribution < 1.29 is 14.1 Å². The highest BCUT2D eigenvalue weighted by Gasteiger charge is 2.40. The average molecular weight is 279 g/mol. The lowest BCUT2D eigenvalue weighted by Crippen LogP contribution is -2.63. The smallest absolute Gasteiger partial charge is 0.245 e. The zero-order valence-electron chi connectivity index (χ0n) is 12.6. The van der Waals surface area contributed by atoms with E-state index in [0.29, 0.717) is 12.3 Å². The summed E-state index contributed by atoms with van der Waals surface area (Å²) in [5.74, 6) is 0.575. The molecule has 2 atom stereocenters. The normalized spacial score (nSPS) is 23.4. The Kier molecular flexibility index (Phi) is 3.83. The van der Waals surface area contributed by atoms with Crippen molar-refractivity contribution in [1.82, 2.24) is 15.4 Å². The SMILES string of the molecule is Cc1noc(C)c1CN1C(=O)C(C)NC(=O)C1C(C)C. The highest BCUT2D eigenvalue weighted by atomic mass is 16.5. The van der Waals surface area contributed by atoms with Crippen LogP contribution in [0.3, 0.4) is 0 Å². The molecule has 110 valence electrons. The minimum Gasteiger partial charge on any atom is -0.361 e. The van der Waals surface area contributed by atoms with Gasteiger partial charge in [-0.3, -0.25) is 9.59 Å². The third kappa shape index (κ3) is 2.42. The Labute approximate surface area is 118 Å². The molecule has 20 heavy (non-hydrogen) atoms. The lowest BCUT2D eigenvalue weighted by molar-refractivity contribution is -0.151. The molecule has 6 heteroatoms. The molecule has 2 rings (SSSR count). The maximum atomic E-state index is 12.4. The molecule has 2 amide bonds. The van der Waals surface area contributed by atoms with Crippen LogP contribution in [0.1, 0.15) is 37.8 Å². The molecule has 1 aromatic heterocycles. The van der Waals surface area contributed by atoms with E-state index < -0.39 is 12.1 Å². The van der Waals surface area contributed by atoms with Gasteiger partial charge in [-0.2, -0.15) is 0 Å². The quantitative estimate of drug-likeness (QED) is 0.901.